The van der Waals surface area contributed by atoms with Crippen LogP contribution in [0.5, 0.6) is 0 Å². The Kier molecular flexibility index (Phi) is 9.26. The number of nitrogens with zero attached hydrogens (tertiary/aromatic N) is 4. The molecule has 200 valence electrons. The quantitative estimate of drug-likeness (QED) is 0.279. The zero-order chi connectivity index (χ0) is 27.1. The fraction of sp³-hybridized carbons (Fsp3) is 0.387. The van der Waals surface area contributed by atoms with Crippen LogP contribution in [-0.2, 0) is 6.42 Å². The number of benzene rings is 1. The van der Waals surface area contributed by atoms with Gasteiger partial charge in [-0.1, -0.05) is 32.0 Å². The molecule has 1 aromatic carbocycles. The molecule has 0 saturated carbocycles. The average Bonchev–Trinajstić information content (AvgIpc) is 3.55. The lowest BCUT2D eigenvalue weighted by molar-refractivity contribution is 0.399. The lowest BCUT2D eigenvalue weighted by Gasteiger charge is -2.14. The van der Waals surface area contributed by atoms with Crippen LogP contribution < -0.4 is 5.32 Å². The molecule has 1 unspecified atom stereocenters. The molecule has 1 aliphatic carbocycles. The molecule has 7 heteroatoms. The Bertz CT molecular complexity index is 1300. The molecule has 3 heterocycles. The first kappa shape index (κ1) is 27.5. The number of hydrogen-bond donors (Lipinski definition) is 2. The number of aromatic nitrogens is 3. The van der Waals surface area contributed by atoms with E-state index < -0.39 is 0 Å². The molecule has 1 atom stereocenters. The van der Waals surface area contributed by atoms with Crippen LogP contribution in [0.15, 0.2) is 65.6 Å². The number of anilines is 1. The average molecular weight is 514 g/mol. The second kappa shape index (κ2) is 12.8. The topological polar surface area (TPSA) is 87.3 Å². The molecule has 0 saturated heterocycles. The molecule has 0 radical (unpaired) electrons. The summed E-state index contributed by atoms with van der Waals surface area (Å²) in [6.07, 6.45) is 10.9. The molecule has 38 heavy (non-hydrogen) atoms. The molecule has 0 amide bonds. The SMILES string of the molecule is CC(C)CC1CCc2cc(-c3cc(-c4cnc(NCCN(C)C)nc4)oc3-c3ccncc3)ccc21.CO. The summed E-state index contributed by atoms with van der Waals surface area (Å²) >= 11 is 0. The van der Waals surface area contributed by atoms with Crippen LogP contribution in [0, 0.1) is 5.92 Å². The van der Waals surface area contributed by atoms with Gasteiger partial charge in [-0.3, -0.25) is 4.98 Å². The highest BCUT2D eigenvalue weighted by atomic mass is 16.3. The Labute approximate surface area is 226 Å². The van der Waals surface area contributed by atoms with Gasteiger partial charge in [-0.25, -0.2) is 9.97 Å². The van der Waals surface area contributed by atoms with Crippen molar-refractivity contribution in [1.29, 1.82) is 0 Å². The van der Waals surface area contributed by atoms with E-state index in [1.165, 1.54) is 29.5 Å². The van der Waals surface area contributed by atoms with Crippen molar-refractivity contribution in [3.8, 4) is 33.8 Å². The first-order valence-electron chi connectivity index (χ1n) is 13.3. The van der Waals surface area contributed by atoms with E-state index >= 15 is 0 Å². The van der Waals surface area contributed by atoms with Gasteiger partial charge in [-0.05, 0) is 80.1 Å². The predicted molar refractivity (Wildman–Crippen MR) is 154 cm³/mol. The zero-order valence-corrected chi connectivity index (χ0v) is 23.1. The third-order valence-electron chi connectivity index (χ3n) is 6.86. The fourth-order valence-corrected chi connectivity index (χ4v) is 5.09. The Hall–Kier alpha value is -3.55. The van der Waals surface area contributed by atoms with Crippen molar-refractivity contribution >= 4 is 5.95 Å². The van der Waals surface area contributed by atoms with Crippen LogP contribution >= 0.6 is 0 Å². The number of aliphatic hydroxyl groups excluding tert-OH is 1. The number of furan rings is 1. The van der Waals surface area contributed by atoms with E-state index in [0.29, 0.717) is 17.8 Å². The Morgan fingerprint density at radius 3 is 2.42 bits per heavy atom. The molecule has 0 fully saturated rings. The summed E-state index contributed by atoms with van der Waals surface area (Å²) in [7, 11) is 5.09. The molecule has 5 rings (SSSR count). The van der Waals surface area contributed by atoms with Gasteiger partial charge in [0, 0.05) is 56.1 Å². The summed E-state index contributed by atoms with van der Waals surface area (Å²) < 4.78 is 6.45. The van der Waals surface area contributed by atoms with Crippen LogP contribution in [0.2, 0.25) is 0 Å². The monoisotopic (exact) mass is 513 g/mol. The van der Waals surface area contributed by atoms with Gasteiger partial charge in [0.25, 0.3) is 0 Å². The lowest BCUT2D eigenvalue weighted by atomic mass is 9.90. The minimum absolute atomic E-state index is 0.622. The van der Waals surface area contributed by atoms with E-state index in [1.807, 2.05) is 38.6 Å². The van der Waals surface area contributed by atoms with Crippen molar-refractivity contribution < 1.29 is 9.52 Å². The molecule has 1 aliphatic rings. The van der Waals surface area contributed by atoms with Gasteiger partial charge in [0.2, 0.25) is 5.95 Å². The summed E-state index contributed by atoms with van der Waals surface area (Å²) in [5.74, 6) is 3.62. The van der Waals surface area contributed by atoms with Crippen molar-refractivity contribution in [3.63, 3.8) is 0 Å². The molecule has 3 aromatic heterocycles. The second-order valence-electron chi connectivity index (χ2n) is 10.4. The standard InChI is InChI=1S/C30H35N5O.CH4O/c1-20(2)15-22-5-6-23-16-24(7-8-26(22)23)27-17-28(36-29(27)21-9-11-31-12-10-21)25-18-33-30(34-19-25)32-13-14-35(3)4;1-2/h7-12,16-20,22H,5-6,13-15H2,1-4H3,(H,32,33,34);2H,1H3. The fourth-order valence-electron chi connectivity index (χ4n) is 5.09. The van der Waals surface area contributed by atoms with E-state index in [0.717, 1.165) is 54.8 Å². The van der Waals surface area contributed by atoms with E-state index in [2.05, 4.69) is 63.3 Å². The predicted octanol–water partition coefficient (Wildman–Crippen LogP) is 6.12. The normalized spacial score (nSPS) is 14.4. The van der Waals surface area contributed by atoms with Crippen molar-refractivity contribution in [2.24, 2.45) is 5.92 Å². The first-order chi connectivity index (χ1) is 18.5. The molecule has 4 aromatic rings. The summed E-state index contributed by atoms with van der Waals surface area (Å²) in [5, 5.41) is 10.3. The second-order valence-corrected chi connectivity index (χ2v) is 10.4. The third kappa shape index (κ3) is 6.47. The van der Waals surface area contributed by atoms with Crippen LogP contribution in [0.1, 0.15) is 43.7 Å². The van der Waals surface area contributed by atoms with Gasteiger partial charge in [0.15, 0.2) is 0 Å². The lowest BCUT2D eigenvalue weighted by Crippen LogP contribution is -2.21. The highest BCUT2D eigenvalue weighted by Crippen LogP contribution is 2.43. The molecular weight excluding hydrogens is 474 g/mol. The van der Waals surface area contributed by atoms with Gasteiger partial charge in [0.1, 0.15) is 11.5 Å². The molecule has 7 nitrogen and oxygen atoms in total. The number of hydrogen-bond acceptors (Lipinski definition) is 7. The summed E-state index contributed by atoms with van der Waals surface area (Å²) in [6, 6.07) is 13.1. The highest BCUT2D eigenvalue weighted by Gasteiger charge is 2.25. The van der Waals surface area contributed by atoms with Crippen molar-refractivity contribution in [2.45, 2.75) is 39.0 Å². The minimum Gasteiger partial charge on any atom is -0.455 e. The molecule has 0 aliphatic heterocycles. The minimum atomic E-state index is 0.622. The Morgan fingerprint density at radius 2 is 1.74 bits per heavy atom. The number of aryl methyl sites for hydroxylation is 1. The molecule has 0 bridgehead atoms. The first-order valence-corrected chi connectivity index (χ1v) is 13.3. The van der Waals surface area contributed by atoms with Gasteiger partial charge in [-0.15, -0.1) is 0 Å². The number of nitrogens with one attached hydrogen (secondary N) is 1. The summed E-state index contributed by atoms with van der Waals surface area (Å²) in [6.45, 7) is 6.34. The Morgan fingerprint density at radius 1 is 1.00 bits per heavy atom. The summed E-state index contributed by atoms with van der Waals surface area (Å²) in [4.78, 5) is 15.3. The number of rotatable bonds is 9. The summed E-state index contributed by atoms with van der Waals surface area (Å²) in [5.41, 5.74) is 7.12. The number of fused-ring (bicyclic) bond motifs is 1. The number of likely N-dealkylation sites (N-methyl/N-ethyl adjacent to an activating group) is 1. The van der Waals surface area contributed by atoms with E-state index in [4.69, 9.17) is 9.52 Å². The Balaban J connectivity index is 0.00000164. The van der Waals surface area contributed by atoms with Crippen molar-refractivity contribution in [2.75, 3.05) is 39.6 Å². The van der Waals surface area contributed by atoms with Crippen LogP contribution in [0.25, 0.3) is 33.8 Å². The number of pyridine rings is 1. The molecule has 0 spiro atoms. The highest BCUT2D eigenvalue weighted by molar-refractivity contribution is 5.84. The van der Waals surface area contributed by atoms with Gasteiger partial charge < -0.3 is 19.7 Å². The van der Waals surface area contributed by atoms with Crippen LogP contribution in [0.4, 0.5) is 5.95 Å². The maximum Gasteiger partial charge on any atom is 0.222 e. The van der Waals surface area contributed by atoms with E-state index in [9.17, 15) is 0 Å². The largest absolute Gasteiger partial charge is 0.455 e. The third-order valence-corrected chi connectivity index (χ3v) is 6.86. The van der Waals surface area contributed by atoms with Crippen LogP contribution in [-0.4, -0.2) is 59.3 Å². The van der Waals surface area contributed by atoms with Crippen LogP contribution in [0.3, 0.4) is 0 Å². The van der Waals surface area contributed by atoms with Crippen molar-refractivity contribution in [1.82, 2.24) is 19.9 Å². The van der Waals surface area contributed by atoms with Gasteiger partial charge in [-0.2, -0.15) is 0 Å². The molecular formula is C31H39N5O2. The maximum absolute atomic E-state index is 7.00. The van der Waals surface area contributed by atoms with Gasteiger partial charge >= 0.3 is 0 Å². The smallest absolute Gasteiger partial charge is 0.222 e. The number of aliphatic hydroxyl groups is 1. The maximum atomic E-state index is 7.00. The van der Waals surface area contributed by atoms with Gasteiger partial charge in [0.05, 0.1) is 5.56 Å². The zero-order valence-electron chi connectivity index (χ0n) is 23.1. The van der Waals surface area contributed by atoms with E-state index in [1.54, 1.807) is 12.4 Å². The van der Waals surface area contributed by atoms with E-state index in [-0.39, 0.29) is 0 Å². The molecule has 2 N–H and O–H groups in total. The van der Waals surface area contributed by atoms with Crippen molar-refractivity contribution in [3.05, 3.63) is 72.3 Å².